The molecule has 0 aromatic rings. The lowest BCUT2D eigenvalue weighted by molar-refractivity contribution is -0.192. The number of β-lactam (4-membered cyclic amide) rings is 1. The van der Waals surface area contributed by atoms with Crippen molar-refractivity contribution < 1.29 is 23.9 Å². The maximum absolute atomic E-state index is 12.4. The maximum atomic E-state index is 12.4. The molecule has 4 atom stereocenters. The van der Waals surface area contributed by atoms with E-state index in [9.17, 15) is 14.4 Å². The molecular weight excluding hydrogens is 421 g/mol. The third kappa shape index (κ3) is 3.08. The number of esters is 2. The van der Waals surface area contributed by atoms with Gasteiger partial charge in [0.2, 0.25) is 12.2 Å². The van der Waals surface area contributed by atoms with Crippen LogP contribution in [0.5, 0.6) is 0 Å². The fraction of sp³-hybridized carbons (Fsp3) is 0.786. The molecule has 2 aliphatic rings. The Morgan fingerprint density at radius 3 is 2.41 bits per heavy atom. The third-order valence-electron chi connectivity index (χ3n) is 3.63. The predicted octanol–water partition coefficient (Wildman–Crippen LogP) is 1.94. The minimum Gasteiger partial charge on any atom is -0.425 e. The molecule has 0 aromatic carbocycles. The summed E-state index contributed by atoms with van der Waals surface area (Å²) >= 11 is 3.70. The summed E-state index contributed by atoms with van der Waals surface area (Å²) in [6.07, 6.45) is -0.964. The van der Waals surface area contributed by atoms with Gasteiger partial charge in [0.05, 0.1) is 5.92 Å². The van der Waals surface area contributed by atoms with E-state index in [0.29, 0.717) is 0 Å². The highest BCUT2D eigenvalue weighted by Gasteiger charge is 2.63. The highest BCUT2D eigenvalue weighted by molar-refractivity contribution is 14.1. The lowest BCUT2D eigenvalue weighted by atomic mass is 9.98. The molecule has 124 valence electrons. The van der Waals surface area contributed by atoms with Crippen molar-refractivity contribution in [2.24, 2.45) is 5.92 Å². The summed E-state index contributed by atoms with van der Waals surface area (Å²) in [5.41, 5.74) is 0. The van der Waals surface area contributed by atoms with Gasteiger partial charge in [0.15, 0.2) is 0 Å². The highest BCUT2D eigenvalue weighted by Crippen LogP contribution is 2.53. The van der Waals surface area contributed by atoms with Crippen LogP contribution < -0.4 is 0 Å². The van der Waals surface area contributed by atoms with Gasteiger partial charge in [-0.2, -0.15) is 0 Å². The number of nitrogens with zero attached hydrogens (tertiary/aromatic N) is 1. The zero-order chi connectivity index (χ0) is 16.8. The Kier molecular flexibility index (Phi) is 5.01. The van der Waals surface area contributed by atoms with E-state index >= 15 is 0 Å². The van der Waals surface area contributed by atoms with Gasteiger partial charge in [-0.25, -0.2) is 4.79 Å². The molecule has 0 bridgehead atoms. The molecule has 1 amide bonds. The Balaban J connectivity index is 2.03. The minimum atomic E-state index is -0.964. The van der Waals surface area contributed by atoms with E-state index in [4.69, 9.17) is 9.47 Å². The first-order valence-corrected chi connectivity index (χ1v) is 9.24. The topological polar surface area (TPSA) is 72.9 Å². The lowest BCUT2D eigenvalue weighted by Gasteiger charge is -2.41. The van der Waals surface area contributed by atoms with Crippen LogP contribution in [-0.2, 0) is 23.9 Å². The molecule has 22 heavy (non-hydrogen) atoms. The third-order valence-corrected chi connectivity index (χ3v) is 6.91. The largest absolute Gasteiger partial charge is 0.425 e. The number of hydrogen-bond acceptors (Lipinski definition) is 6. The minimum absolute atomic E-state index is 0.00849. The van der Waals surface area contributed by atoms with Crippen LogP contribution in [0.2, 0.25) is 0 Å². The zero-order valence-corrected chi connectivity index (χ0v) is 16.1. The van der Waals surface area contributed by atoms with Gasteiger partial charge in [-0.1, -0.05) is 36.4 Å². The molecular formula is C14H20INO5S. The van der Waals surface area contributed by atoms with Crippen LogP contribution in [0, 0.1) is 5.92 Å². The fourth-order valence-electron chi connectivity index (χ4n) is 2.50. The smallest absolute Gasteiger partial charge is 0.333 e. The van der Waals surface area contributed by atoms with Gasteiger partial charge in [-0.15, -0.1) is 11.8 Å². The van der Waals surface area contributed by atoms with Crippen LogP contribution in [0.25, 0.3) is 0 Å². The van der Waals surface area contributed by atoms with Crippen molar-refractivity contribution in [2.75, 3.05) is 0 Å². The number of hydrogen-bond donors (Lipinski definition) is 0. The number of thioether (sulfide) groups is 1. The Bertz CT molecular complexity index is 509. The summed E-state index contributed by atoms with van der Waals surface area (Å²) in [6, 6.07) is -0.652. The first-order chi connectivity index (χ1) is 10.1. The van der Waals surface area contributed by atoms with Crippen molar-refractivity contribution in [3.8, 4) is 0 Å². The molecule has 6 nitrogen and oxygen atoms in total. The van der Waals surface area contributed by atoms with E-state index in [1.807, 2.05) is 13.8 Å². The van der Waals surface area contributed by atoms with Gasteiger partial charge in [0.1, 0.15) is 15.3 Å². The van der Waals surface area contributed by atoms with Gasteiger partial charge in [-0.3, -0.25) is 9.59 Å². The Morgan fingerprint density at radius 1 is 1.27 bits per heavy atom. The molecule has 2 rings (SSSR count). The quantitative estimate of drug-likeness (QED) is 0.218. The molecule has 2 fully saturated rings. The Labute approximate surface area is 147 Å². The second-order valence-electron chi connectivity index (χ2n) is 6.26. The van der Waals surface area contributed by atoms with Crippen LogP contribution >= 0.6 is 34.4 Å². The van der Waals surface area contributed by atoms with Gasteiger partial charge in [-0.05, 0) is 13.8 Å². The molecule has 0 spiro atoms. The van der Waals surface area contributed by atoms with Crippen LogP contribution in [0.3, 0.4) is 0 Å². The van der Waals surface area contributed by atoms with E-state index < -0.39 is 29.0 Å². The number of alkyl halides is 1. The lowest BCUT2D eigenvalue weighted by Crippen LogP contribution is -2.63. The molecule has 0 aromatic heterocycles. The average Bonchev–Trinajstić information content (AvgIpc) is 2.66. The summed E-state index contributed by atoms with van der Waals surface area (Å²) in [5, 5.41) is 0.00849. The van der Waals surface area contributed by atoms with E-state index in [1.165, 1.54) is 6.92 Å². The van der Waals surface area contributed by atoms with E-state index in [-0.39, 0.29) is 21.1 Å². The van der Waals surface area contributed by atoms with Crippen molar-refractivity contribution in [3.05, 3.63) is 0 Å². The molecule has 2 aliphatic heterocycles. The number of halogens is 1. The number of amides is 1. The van der Waals surface area contributed by atoms with Gasteiger partial charge >= 0.3 is 11.9 Å². The van der Waals surface area contributed by atoms with E-state index in [1.54, 1.807) is 30.5 Å². The molecule has 0 aliphatic carbocycles. The second-order valence-corrected chi connectivity index (χ2v) is 9.37. The van der Waals surface area contributed by atoms with Crippen molar-refractivity contribution >= 4 is 52.2 Å². The molecule has 0 saturated carbocycles. The van der Waals surface area contributed by atoms with Crippen molar-refractivity contribution in [3.63, 3.8) is 0 Å². The summed E-state index contributed by atoms with van der Waals surface area (Å²) in [4.78, 5) is 37.6. The van der Waals surface area contributed by atoms with Gasteiger partial charge in [0.25, 0.3) is 0 Å². The van der Waals surface area contributed by atoms with Crippen molar-refractivity contribution in [1.29, 1.82) is 0 Å². The van der Waals surface area contributed by atoms with Crippen LogP contribution in [0.1, 0.15) is 34.6 Å². The van der Waals surface area contributed by atoms with Crippen LogP contribution in [0.4, 0.5) is 0 Å². The standard InChI is InChI=1S/C14H20INO5S/c1-6(2)12(18)20-7(3)21-13(19)9-14(4,5)22-11-8(15)10(17)16(9)11/h6-9,11H,1-5H3/t7?,8-,9+,11-/m1/s1. The monoisotopic (exact) mass is 441 g/mol. The summed E-state index contributed by atoms with van der Waals surface area (Å²) in [7, 11) is 0. The van der Waals surface area contributed by atoms with Crippen LogP contribution in [-0.4, -0.2) is 49.1 Å². The first kappa shape index (κ1) is 17.8. The van der Waals surface area contributed by atoms with Crippen LogP contribution in [0.15, 0.2) is 0 Å². The normalized spacial score (nSPS) is 30.6. The number of ether oxygens (including phenoxy) is 2. The molecule has 2 saturated heterocycles. The molecule has 0 radical (unpaired) electrons. The second kappa shape index (κ2) is 6.18. The first-order valence-electron chi connectivity index (χ1n) is 7.11. The summed E-state index contributed by atoms with van der Waals surface area (Å²) in [5.74, 6) is -1.29. The zero-order valence-electron chi connectivity index (χ0n) is 13.2. The average molecular weight is 441 g/mol. The van der Waals surface area contributed by atoms with Crippen molar-refractivity contribution in [2.45, 2.75) is 61.0 Å². The maximum Gasteiger partial charge on any atom is 0.333 e. The SMILES string of the molecule is CC(OC(=O)C(C)C)OC(=O)[C@@H]1N2C(=O)[C@@H](I)[C@H]2SC1(C)C. The molecule has 2 heterocycles. The molecule has 8 heteroatoms. The molecule has 0 N–H and O–H groups in total. The number of rotatable bonds is 4. The Morgan fingerprint density at radius 2 is 1.86 bits per heavy atom. The number of carbonyl (C=O) groups excluding carboxylic acids is 3. The fourth-order valence-corrected chi connectivity index (χ4v) is 5.14. The number of fused-ring (bicyclic) bond motifs is 1. The number of carbonyl (C=O) groups is 3. The van der Waals surface area contributed by atoms with Gasteiger partial charge in [0, 0.05) is 11.7 Å². The summed E-state index contributed by atoms with van der Waals surface area (Å²) in [6.45, 7) is 8.76. The Hall–Kier alpha value is -0.510. The predicted molar refractivity (Wildman–Crippen MR) is 90.4 cm³/mol. The van der Waals surface area contributed by atoms with Crippen molar-refractivity contribution in [1.82, 2.24) is 4.90 Å². The highest BCUT2D eigenvalue weighted by atomic mass is 127. The summed E-state index contributed by atoms with van der Waals surface area (Å²) < 4.78 is 9.75. The molecule has 1 unspecified atom stereocenters. The van der Waals surface area contributed by atoms with E-state index in [2.05, 4.69) is 22.6 Å². The van der Waals surface area contributed by atoms with Gasteiger partial charge < -0.3 is 14.4 Å². The van der Waals surface area contributed by atoms with E-state index in [0.717, 1.165) is 0 Å².